The van der Waals surface area contributed by atoms with Crippen LogP contribution in [0.4, 0.5) is 0 Å². The number of esters is 3. The molecule has 1 aliphatic rings. The Labute approximate surface area is 453 Å². The number of rotatable bonds is 48. The first kappa shape index (κ1) is 68.7. The number of hydrogen-bond acceptors (Lipinski definition) is 11. The Kier molecular flexibility index (Phi) is 46.2. The van der Waals surface area contributed by atoms with Gasteiger partial charge in [0.2, 0.25) is 0 Å². The van der Waals surface area contributed by atoms with E-state index in [9.17, 15) is 34.5 Å². The number of unbranched alkanes of at least 4 members (excludes halogenated alkanes) is 19. The van der Waals surface area contributed by atoms with Gasteiger partial charge in [0.05, 0.1) is 13.0 Å². The van der Waals surface area contributed by atoms with Gasteiger partial charge in [-0.3, -0.25) is 14.4 Å². The van der Waals surface area contributed by atoms with Gasteiger partial charge < -0.3 is 39.0 Å². The van der Waals surface area contributed by atoms with Crippen molar-refractivity contribution < 1.29 is 58.2 Å². The number of hydrogen-bond donors (Lipinski definition) is 3. The quantitative estimate of drug-likeness (QED) is 0.0228. The summed E-state index contributed by atoms with van der Waals surface area (Å²) < 4.78 is 28.3. The Balaban J connectivity index is 2.75. The number of ether oxygens (including phenoxy) is 5. The molecule has 6 atom stereocenters. The molecule has 6 unspecified atom stereocenters. The molecule has 0 radical (unpaired) electrons. The van der Waals surface area contributed by atoms with Crippen LogP contribution in [0.1, 0.15) is 226 Å². The Morgan fingerprint density at radius 2 is 0.907 bits per heavy atom. The second-order valence-corrected chi connectivity index (χ2v) is 19.6. The molecule has 0 aromatic rings. The van der Waals surface area contributed by atoms with E-state index in [1.54, 1.807) is 6.08 Å². The Morgan fingerprint density at radius 3 is 1.41 bits per heavy atom. The van der Waals surface area contributed by atoms with E-state index in [2.05, 4.69) is 99.8 Å². The van der Waals surface area contributed by atoms with Gasteiger partial charge in [0.25, 0.3) is 0 Å². The number of carboxylic acid groups (broad SMARTS) is 1. The molecule has 12 nitrogen and oxygen atoms in total. The maximum absolute atomic E-state index is 13.1. The van der Waals surface area contributed by atoms with Crippen molar-refractivity contribution in [3.05, 3.63) is 97.2 Å². The van der Waals surface area contributed by atoms with Crippen molar-refractivity contribution >= 4 is 23.9 Å². The molecule has 0 aliphatic carbocycles. The van der Waals surface area contributed by atoms with Crippen LogP contribution in [0.25, 0.3) is 0 Å². The molecule has 0 aromatic heterocycles. The molecular weight excluding hydrogens is 949 g/mol. The lowest BCUT2D eigenvalue weighted by Gasteiger charge is -2.40. The molecule has 426 valence electrons. The molecule has 1 rings (SSSR count). The van der Waals surface area contributed by atoms with Crippen molar-refractivity contribution in [3.8, 4) is 0 Å². The molecule has 0 spiro atoms. The molecule has 3 N–H and O–H groups in total. The van der Waals surface area contributed by atoms with E-state index in [4.69, 9.17) is 23.7 Å². The third-order valence-electron chi connectivity index (χ3n) is 12.6. The summed E-state index contributed by atoms with van der Waals surface area (Å²) in [5.41, 5.74) is 0. The summed E-state index contributed by atoms with van der Waals surface area (Å²) in [5, 5.41) is 31.5. The fourth-order valence-electron chi connectivity index (χ4n) is 8.18. The van der Waals surface area contributed by atoms with Gasteiger partial charge in [-0.1, -0.05) is 208 Å². The fourth-order valence-corrected chi connectivity index (χ4v) is 8.18. The second kappa shape index (κ2) is 50.5. The van der Waals surface area contributed by atoms with Gasteiger partial charge in [0.1, 0.15) is 18.8 Å². The highest BCUT2D eigenvalue weighted by Crippen LogP contribution is 2.26. The van der Waals surface area contributed by atoms with Crippen molar-refractivity contribution in [3.63, 3.8) is 0 Å². The van der Waals surface area contributed by atoms with Crippen LogP contribution in [0.5, 0.6) is 0 Å². The zero-order valence-electron chi connectivity index (χ0n) is 46.8. The molecule has 0 bridgehead atoms. The lowest BCUT2D eigenvalue weighted by molar-refractivity contribution is -0.301. The van der Waals surface area contributed by atoms with Crippen molar-refractivity contribution in [2.24, 2.45) is 0 Å². The summed E-state index contributed by atoms with van der Waals surface area (Å²) in [6.07, 6.45) is 54.0. The highest BCUT2D eigenvalue weighted by atomic mass is 16.7. The van der Waals surface area contributed by atoms with Crippen LogP contribution >= 0.6 is 0 Å². The minimum Gasteiger partial charge on any atom is -0.479 e. The van der Waals surface area contributed by atoms with E-state index in [1.807, 2.05) is 12.2 Å². The van der Waals surface area contributed by atoms with Gasteiger partial charge >= 0.3 is 23.9 Å². The largest absolute Gasteiger partial charge is 0.479 e. The summed E-state index contributed by atoms with van der Waals surface area (Å²) >= 11 is 0. The van der Waals surface area contributed by atoms with Crippen molar-refractivity contribution in [2.45, 2.75) is 263 Å². The Bertz CT molecular complexity index is 1670. The Hall–Kier alpha value is -4.36. The number of carbonyl (C=O) groups is 4. The van der Waals surface area contributed by atoms with Gasteiger partial charge in [0.15, 0.2) is 24.6 Å². The van der Waals surface area contributed by atoms with Crippen LogP contribution in [0.3, 0.4) is 0 Å². The van der Waals surface area contributed by atoms with Gasteiger partial charge in [-0.05, 0) is 96.3 Å². The van der Waals surface area contributed by atoms with E-state index >= 15 is 0 Å². The number of carboxylic acids is 1. The van der Waals surface area contributed by atoms with Crippen LogP contribution in [0.2, 0.25) is 0 Å². The molecule has 1 saturated heterocycles. The van der Waals surface area contributed by atoms with Crippen molar-refractivity contribution in [1.29, 1.82) is 0 Å². The highest BCUT2D eigenvalue weighted by molar-refractivity contribution is 5.74. The number of aliphatic hydroxyl groups is 2. The third-order valence-corrected chi connectivity index (χ3v) is 12.6. The van der Waals surface area contributed by atoms with Gasteiger partial charge in [-0.15, -0.1) is 0 Å². The monoisotopic (exact) mass is 1050 g/mol. The topological polar surface area (TPSA) is 175 Å². The minimum atomic E-state index is -1.92. The van der Waals surface area contributed by atoms with Crippen LogP contribution < -0.4 is 0 Å². The van der Waals surface area contributed by atoms with E-state index in [0.717, 1.165) is 116 Å². The molecular formula is C63H102O12. The standard InChI is InChI=1S/C63H102O12/c1-4-7-10-13-16-19-22-25-27-28-30-33-36-39-42-45-48-51-57(66)74-61-59(68)58(67)60(62(69)70)75-63(61)72-53-54(73-56(65)50-47-44-41-38-35-31-24-21-18-15-12-9-6-3)52-71-55(64)49-46-43-40-37-34-32-29-26-23-20-17-14-11-8-5-2/h8,11-12,15,17,20-21,24-27,29,34,37,43,46,54,58-61,63,67-68H,4-7,9-10,13-14,16,18-19,22-23,28,30-33,35-36,38-42,44-45,47-53H2,1-3H3,(H,69,70)/b11-8-,15-12-,20-17-,24-21-,27-25-,29-26-,37-34-,46-43-. The summed E-state index contributed by atoms with van der Waals surface area (Å²) in [7, 11) is 0. The predicted octanol–water partition coefficient (Wildman–Crippen LogP) is 14.9. The summed E-state index contributed by atoms with van der Waals surface area (Å²) in [4.78, 5) is 51.0. The van der Waals surface area contributed by atoms with Crippen molar-refractivity contribution in [1.82, 2.24) is 0 Å². The molecule has 0 saturated carbocycles. The van der Waals surface area contributed by atoms with Crippen LogP contribution in [0.15, 0.2) is 97.2 Å². The van der Waals surface area contributed by atoms with E-state index in [1.165, 1.54) is 51.4 Å². The number of carbonyl (C=O) groups excluding carboxylic acids is 3. The maximum atomic E-state index is 13.1. The highest BCUT2D eigenvalue weighted by Gasteiger charge is 2.50. The predicted molar refractivity (Wildman–Crippen MR) is 303 cm³/mol. The SMILES string of the molecule is CC/C=C\C/C=C\C/C=C\C/C=C\C/C=C\CC(=O)OCC(COC1OC(C(=O)O)C(O)C(O)C1OC(=O)CCCCCCCCC/C=C\CCCCCCCC)OC(=O)CCCCCCC/C=C\C/C=C\CCC. The molecule has 1 heterocycles. The fraction of sp³-hybridized carbons (Fsp3) is 0.683. The van der Waals surface area contributed by atoms with Crippen LogP contribution in [-0.2, 0) is 42.9 Å². The maximum Gasteiger partial charge on any atom is 0.335 e. The van der Waals surface area contributed by atoms with Crippen LogP contribution in [-0.4, -0.2) is 89.2 Å². The smallest absolute Gasteiger partial charge is 0.335 e. The number of allylic oxidation sites excluding steroid dienone is 15. The van der Waals surface area contributed by atoms with Gasteiger partial charge in [0, 0.05) is 12.8 Å². The number of aliphatic hydroxyl groups excluding tert-OH is 2. The van der Waals surface area contributed by atoms with E-state index < -0.39 is 67.3 Å². The third kappa shape index (κ3) is 40.6. The minimum absolute atomic E-state index is 0.0216. The average molecular weight is 1050 g/mol. The first-order chi connectivity index (χ1) is 36.6. The van der Waals surface area contributed by atoms with E-state index in [-0.39, 0.29) is 25.9 Å². The second-order valence-electron chi connectivity index (χ2n) is 19.6. The number of aliphatic carboxylic acids is 1. The molecule has 75 heavy (non-hydrogen) atoms. The average Bonchev–Trinajstić information content (AvgIpc) is 3.39. The Morgan fingerprint density at radius 1 is 0.467 bits per heavy atom. The first-order valence-electron chi connectivity index (χ1n) is 29.2. The van der Waals surface area contributed by atoms with Gasteiger partial charge in [-0.25, -0.2) is 4.79 Å². The van der Waals surface area contributed by atoms with Crippen LogP contribution in [0, 0.1) is 0 Å². The molecule has 1 aliphatic heterocycles. The van der Waals surface area contributed by atoms with Gasteiger partial charge in [-0.2, -0.15) is 0 Å². The summed E-state index contributed by atoms with van der Waals surface area (Å²) in [6, 6.07) is 0. The zero-order valence-corrected chi connectivity index (χ0v) is 46.8. The summed E-state index contributed by atoms with van der Waals surface area (Å²) in [5.74, 6) is -3.32. The first-order valence-corrected chi connectivity index (χ1v) is 29.2. The zero-order chi connectivity index (χ0) is 54.7. The van der Waals surface area contributed by atoms with Crippen molar-refractivity contribution in [2.75, 3.05) is 13.2 Å². The van der Waals surface area contributed by atoms with E-state index in [0.29, 0.717) is 19.3 Å². The molecule has 0 amide bonds. The normalized spacial score (nSPS) is 18.9. The molecule has 12 heteroatoms. The lowest BCUT2D eigenvalue weighted by atomic mass is 9.98. The molecule has 1 fully saturated rings. The molecule has 0 aromatic carbocycles. The summed E-state index contributed by atoms with van der Waals surface area (Å²) in [6.45, 7) is 5.70. The lowest BCUT2D eigenvalue weighted by Crippen LogP contribution is -2.61.